The highest BCUT2D eigenvalue weighted by atomic mass is 16.5. The van der Waals surface area contributed by atoms with E-state index in [0.29, 0.717) is 13.2 Å². The van der Waals surface area contributed by atoms with E-state index in [4.69, 9.17) is 4.74 Å². The molecule has 0 aliphatic carbocycles. The van der Waals surface area contributed by atoms with Gasteiger partial charge in [-0.1, -0.05) is 60.7 Å². The van der Waals surface area contributed by atoms with E-state index in [9.17, 15) is 4.79 Å². The Balaban J connectivity index is 1.52. The Bertz CT molecular complexity index is 905. The number of carbonyl (C=O) groups is 1. The SMILES string of the molecule is O=C(c1ccccc1COc1ccccc1)N1CCc2ccccc2C1. The minimum atomic E-state index is 0.0757. The van der Waals surface area contributed by atoms with Gasteiger partial charge in [0.25, 0.3) is 5.91 Å². The molecule has 0 radical (unpaired) electrons. The van der Waals surface area contributed by atoms with Crippen molar-refractivity contribution in [3.8, 4) is 5.75 Å². The van der Waals surface area contributed by atoms with Crippen molar-refractivity contribution in [2.75, 3.05) is 6.54 Å². The normalized spacial score (nSPS) is 13.2. The fraction of sp³-hybridized carbons (Fsp3) is 0.174. The second kappa shape index (κ2) is 7.44. The lowest BCUT2D eigenvalue weighted by Gasteiger charge is -2.29. The number of ether oxygens (including phenoxy) is 1. The van der Waals surface area contributed by atoms with Crippen LogP contribution in [0, 0.1) is 0 Å². The Morgan fingerprint density at radius 1 is 0.846 bits per heavy atom. The molecule has 130 valence electrons. The predicted octanol–water partition coefficient (Wildman–Crippen LogP) is 4.46. The van der Waals surface area contributed by atoms with Crippen molar-refractivity contribution in [2.45, 2.75) is 19.6 Å². The van der Waals surface area contributed by atoms with Gasteiger partial charge in [-0.3, -0.25) is 4.79 Å². The summed E-state index contributed by atoms with van der Waals surface area (Å²) in [6.45, 7) is 1.81. The number of benzene rings is 3. The summed E-state index contributed by atoms with van der Waals surface area (Å²) in [4.78, 5) is 15.0. The molecule has 3 nitrogen and oxygen atoms in total. The zero-order valence-electron chi connectivity index (χ0n) is 14.6. The average molecular weight is 343 g/mol. The van der Waals surface area contributed by atoms with Gasteiger partial charge in [0.05, 0.1) is 0 Å². The first-order valence-corrected chi connectivity index (χ1v) is 8.93. The standard InChI is InChI=1S/C23H21NO2/c25-23(24-15-14-18-8-4-5-9-19(18)16-24)22-13-7-6-10-20(22)17-26-21-11-2-1-3-12-21/h1-13H,14-17H2. The maximum absolute atomic E-state index is 13.1. The van der Waals surface area contributed by atoms with Gasteiger partial charge in [0, 0.05) is 24.2 Å². The number of amides is 1. The van der Waals surface area contributed by atoms with E-state index in [0.717, 1.165) is 29.8 Å². The van der Waals surface area contributed by atoms with Crippen LogP contribution in [0.2, 0.25) is 0 Å². The Kier molecular flexibility index (Phi) is 4.69. The summed E-state index contributed by atoms with van der Waals surface area (Å²) in [5, 5.41) is 0. The number of carbonyl (C=O) groups excluding carboxylic acids is 1. The first kappa shape index (κ1) is 16.4. The molecule has 3 aromatic carbocycles. The van der Waals surface area contributed by atoms with Crippen molar-refractivity contribution >= 4 is 5.91 Å². The summed E-state index contributed by atoms with van der Waals surface area (Å²) in [5.41, 5.74) is 4.23. The molecule has 3 aromatic rings. The summed E-state index contributed by atoms with van der Waals surface area (Å²) in [6.07, 6.45) is 0.907. The Morgan fingerprint density at radius 3 is 2.38 bits per heavy atom. The molecule has 3 heteroatoms. The maximum Gasteiger partial charge on any atom is 0.254 e. The number of fused-ring (bicyclic) bond motifs is 1. The van der Waals surface area contributed by atoms with E-state index < -0.39 is 0 Å². The molecule has 1 aliphatic heterocycles. The summed E-state index contributed by atoms with van der Waals surface area (Å²) in [5.74, 6) is 0.883. The topological polar surface area (TPSA) is 29.5 Å². The van der Waals surface area contributed by atoms with E-state index >= 15 is 0 Å². The van der Waals surface area contributed by atoms with Crippen molar-refractivity contribution in [3.05, 3.63) is 101 Å². The lowest BCUT2D eigenvalue weighted by molar-refractivity contribution is 0.0732. The second-order valence-corrected chi connectivity index (χ2v) is 6.50. The van der Waals surface area contributed by atoms with E-state index in [2.05, 4.69) is 18.2 Å². The van der Waals surface area contributed by atoms with Crippen molar-refractivity contribution in [2.24, 2.45) is 0 Å². The Morgan fingerprint density at radius 2 is 1.54 bits per heavy atom. The molecule has 0 bridgehead atoms. The van der Waals surface area contributed by atoms with E-state index in [-0.39, 0.29) is 5.91 Å². The third-order valence-electron chi connectivity index (χ3n) is 4.80. The molecule has 0 saturated heterocycles. The smallest absolute Gasteiger partial charge is 0.254 e. The van der Waals surface area contributed by atoms with Gasteiger partial charge < -0.3 is 9.64 Å². The monoisotopic (exact) mass is 343 g/mol. The first-order valence-electron chi connectivity index (χ1n) is 8.93. The highest BCUT2D eigenvalue weighted by Crippen LogP contribution is 2.22. The first-order chi connectivity index (χ1) is 12.8. The average Bonchev–Trinajstić information content (AvgIpc) is 2.72. The number of rotatable bonds is 4. The van der Waals surface area contributed by atoms with E-state index in [1.807, 2.05) is 65.6 Å². The van der Waals surface area contributed by atoms with Crippen LogP contribution in [-0.2, 0) is 19.6 Å². The summed E-state index contributed by atoms with van der Waals surface area (Å²) in [7, 11) is 0. The van der Waals surface area contributed by atoms with Gasteiger partial charge in [0.2, 0.25) is 0 Å². The van der Waals surface area contributed by atoms with Crippen LogP contribution in [0.3, 0.4) is 0 Å². The van der Waals surface area contributed by atoms with Gasteiger partial charge in [-0.15, -0.1) is 0 Å². The molecule has 1 aliphatic rings. The fourth-order valence-electron chi connectivity index (χ4n) is 3.37. The zero-order valence-corrected chi connectivity index (χ0v) is 14.6. The molecule has 0 N–H and O–H groups in total. The molecule has 1 amide bonds. The van der Waals surface area contributed by atoms with Crippen molar-refractivity contribution in [1.29, 1.82) is 0 Å². The molecule has 0 atom stereocenters. The fourth-order valence-corrected chi connectivity index (χ4v) is 3.37. The summed E-state index contributed by atoms with van der Waals surface area (Å²) < 4.78 is 5.86. The Hall–Kier alpha value is -3.07. The molecule has 0 saturated carbocycles. The minimum Gasteiger partial charge on any atom is -0.489 e. The number of hydrogen-bond donors (Lipinski definition) is 0. The quantitative estimate of drug-likeness (QED) is 0.700. The second-order valence-electron chi connectivity index (χ2n) is 6.50. The van der Waals surface area contributed by atoms with Gasteiger partial charge in [-0.05, 0) is 35.7 Å². The van der Waals surface area contributed by atoms with Crippen LogP contribution in [0.5, 0.6) is 5.75 Å². The molecule has 0 aromatic heterocycles. The number of para-hydroxylation sites is 1. The number of hydrogen-bond acceptors (Lipinski definition) is 2. The van der Waals surface area contributed by atoms with Crippen LogP contribution >= 0.6 is 0 Å². The van der Waals surface area contributed by atoms with Gasteiger partial charge in [-0.25, -0.2) is 0 Å². The van der Waals surface area contributed by atoms with Crippen LogP contribution in [0.25, 0.3) is 0 Å². The van der Waals surface area contributed by atoms with Gasteiger partial charge in [-0.2, -0.15) is 0 Å². The van der Waals surface area contributed by atoms with E-state index in [1.54, 1.807) is 0 Å². The molecule has 0 unspecified atom stereocenters. The summed E-state index contributed by atoms with van der Waals surface area (Å²) >= 11 is 0. The zero-order chi connectivity index (χ0) is 17.8. The predicted molar refractivity (Wildman–Crippen MR) is 102 cm³/mol. The maximum atomic E-state index is 13.1. The lowest BCUT2D eigenvalue weighted by atomic mass is 9.98. The third kappa shape index (κ3) is 3.47. The minimum absolute atomic E-state index is 0.0757. The third-order valence-corrected chi connectivity index (χ3v) is 4.80. The van der Waals surface area contributed by atoms with E-state index in [1.165, 1.54) is 11.1 Å². The Labute approximate surface area is 153 Å². The van der Waals surface area contributed by atoms with Crippen molar-refractivity contribution < 1.29 is 9.53 Å². The highest BCUT2D eigenvalue weighted by Gasteiger charge is 2.23. The van der Waals surface area contributed by atoms with Gasteiger partial charge in [0.1, 0.15) is 12.4 Å². The molecule has 1 heterocycles. The van der Waals surface area contributed by atoms with Crippen molar-refractivity contribution in [1.82, 2.24) is 4.90 Å². The lowest BCUT2D eigenvalue weighted by Crippen LogP contribution is -2.36. The molecular formula is C23H21NO2. The largest absolute Gasteiger partial charge is 0.489 e. The van der Waals surface area contributed by atoms with Crippen LogP contribution in [-0.4, -0.2) is 17.4 Å². The molecule has 0 fully saturated rings. The summed E-state index contributed by atoms with van der Waals surface area (Å²) in [6, 6.07) is 25.8. The number of nitrogens with zero attached hydrogens (tertiary/aromatic N) is 1. The van der Waals surface area contributed by atoms with Crippen LogP contribution in [0.1, 0.15) is 27.0 Å². The van der Waals surface area contributed by atoms with Gasteiger partial charge >= 0.3 is 0 Å². The molecule has 26 heavy (non-hydrogen) atoms. The highest BCUT2D eigenvalue weighted by molar-refractivity contribution is 5.95. The molecular weight excluding hydrogens is 322 g/mol. The molecule has 0 spiro atoms. The van der Waals surface area contributed by atoms with Gasteiger partial charge in [0.15, 0.2) is 0 Å². The van der Waals surface area contributed by atoms with Crippen LogP contribution in [0.15, 0.2) is 78.9 Å². The van der Waals surface area contributed by atoms with Crippen molar-refractivity contribution in [3.63, 3.8) is 0 Å². The molecule has 4 rings (SSSR count). The van der Waals surface area contributed by atoms with Crippen LogP contribution < -0.4 is 4.74 Å². The van der Waals surface area contributed by atoms with Crippen LogP contribution in [0.4, 0.5) is 0 Å².